The quantitative estimate of drug-likeness (QED) is 0.673. The molecule has 4 N–H and O–H groups in total. The third kappa shape index (κ3) is 3.99. The van der Waals surface area contributed by atoms with Gasteiger partial charge in [0.05, 0.1) is 0 Å². The number of benzene rings is 1. The van der Waals surface area contributed by atoms with Crippen LogP contribution in [0.25, 0.3) is 0 Å². The van der Waals surface area contributed by atoms with Crippen LogP contribution in [-0.4, -0.2) is 17.6 Å². The van der Waals surface area contributed by atoms with E-state index in [1.807, 2.05) is 19.1 Å². The van der Waals surface area contributed by atoms with Gasteiger partial charge in [-0.05, 0) is 24.6 Å². The Hall–Kier alpha value is -1.55. The standard InChI is InChI=1S/C11H16N2O2/c1-8(13-7-6-11(12)15)9-2-4-10(14)5-3-9/h2-5,8,13-14H,6-7H2,1H3,(H2,12,15). The Labute approximate surface area is 89.1 Å². The highest BCUT2D eigenvalue weighted by Crippen LogP contribution is 2.15. The Morgan fingerprint density at radius 3 is 2.60 bits per heavy atom. The van der Waals surface area contributed by atoms with Crippen LogP contribution < -0.4 is 11.1 Å². The average molecular weight is 208 g/mol. The molecule has 0 fully saturated rings. The van der Waals surface area contributed by atoms with Crippen molar-refractivity contribution in [3.63, 3.8) is 0 Å². The van der Waals surface area contributed by atoms with E-state index in [2.05, 4.69) is 5.32 Å². The molecule has 1 rings (SSSR count). The highest BCUT2D eigenvalue weighted by molar-refractivity contribution is 5.73. The third-order valence-electron chi connectivity index (χ3n) is 2.22. The van der Waals surface area contributed by atoms with Crippen molar-refractivity contribution in [2.45, 2.75) is 19.4 Å². The molecular formula is C11H16N2O2. The van der Waals surface area contributed by atoms with Gasteiger partial charge in [0, 0.05) is 19.0 Å². The van der Waals surface area contributed by atoms with Gasteiger partial charge < -0.3 is 16.2 Å². The van der Waals surface area contributed by atoms with Crippen LogP contribution in [0.15, 0.2) is 24.3 Å². The monoisotopic (exact) mass is 208 g/mol. The summed E-state index contributed by atoms with van der Waals surface area (Å²) in [6.45, 7) is 2.56. The van der Waals surface area contributed by atoms with Gasteiger partial charge in [0.15, 0.2) is 0 Å². The maximum absolute atomic E-state index is 10.5. The summed E-state index contributed by atoms with van der Waals surface area (Å²) < 4.78 is 0. The molecule has 0 aliphatic rings. The van der Waals surface area contributed by atoms with Gasteiger partial charge in [-0.2, -0.15) is 0 Å². The van der Waals surface area contributed by atoms with Crippen LogP contribution >= 0.6 is 0 Å². The van der Waals surface area contributed by atoms with E-state index in [-0.39, 0.29) is 17.7 Å². The maximum atomic E-state index is 10.5. The second-order valence-electron chi connectivity index (χ2n) is 3.48. The van der Waals surface area contributed by atoms with E-state index in [4.69, 9.17) is 10.8 Å². The van der Waals surface area contributed by atoms with Crippen molar-refractivity contribution in [2.75, 3.05) is 6.54 Å². The number of carbonyl (C=O) groups excluding carboxylic acids is 1. The van der Waals surface area contributed by atoms with E-state index in [0.29, 0.717) is 13.0 Å². The molecule has 0 aromatic heterocycles. The molecule has 1 unspecified atom stereocenters. The molecule has 15 heavy (non-hydrogen) atoms. The molecule has 4 nitrogen and oxygen atoms in total. The van der Waals surface area contributed by atoms with Crippen LogP contribution in [0.2, 0.25) is 0 Å². The van der Waals surface area contributed by atoms with E-state index in [9.17, 15) is 4.79 Å². The van der Waals surface area contributed by atoms with Crippen LogP contribution in [0.4, 0.5) is 0 Å². The summed E-state index contributed by atoms with van der Waals surface area (Å²) in [6.07, 6.45) is 0.336. The smallest absolute Gasteiger partial charge is 0.218 e. The fourth-order valence-electron chi connectivity index (χ4n) is 1.29. The molecule has 0 spiro atoms. The predicted molar refractivity (Wildman–Crippen MR) is 58.3 cm³/mol. The molecule has 1 atom stereocenters. The van der Waals surface area contributed by atoms with Gasteiger partial charge in [-0.1, -0.05) is 12.1 Å². The molecule has 1 aromatic rings. The molecule has 0 saturated heterocycles. The zero-order valence-electron chi connectivity index (χ0n) is 8.73. The first-order valence-electron chi connectivity index (χ1n) is 4.90. The van der Waals surface area contributed by atoms with Crippen LogP contribution in [0, 0.1) is 0 Å². The lowest BCUT2D eigenvalue weighted by Crippen LogP contribution is -2.24. The van der Waals surface area contributed by atoms with Crippen molar-refractivity contribution < 1.29 is 9.90 Å². The number of phenolic OH excluding ortho intramolecular Hbond substituents is 1. The average Bonchev–Trinajstić information content (AvgIpc) is 2.18. The molecule has 0 heterocycles. The summed E-state index contributed by atoms with van der Waals surface area (Å²) in [5.74, 6) is -0.0523. The molecule has 1 aromatic carbocycles. The first-order valence-corrected chi connectivity index (χ1v) is 4.90. The normalized spacial score (nSPS) is 12.3. The minimum atomic E-state index is -0.305. The van der Waals surface area contributed by atoms with Crippen LogP contribution in [0.3, 0.4) is 0 Å². The van der Waals surface area contributed by atoms with E-state index in [1.165, 1.54) is 0 Å². The number of nitrogens with one attached hydrogen (secondary N) is 1. The minimum Gasteiger partial charge on any atom is -0.508 e. The lowest BCUT2D eigenvalue weighted by Gasteiger charge is -2.13. The Morgan fingerprint density at radius 2 is 2.07 bits per heavy atom. The number of rotatable bonds is 5. The number of phenols is 1. The van der Waals surface area contributed by atoms with Gasteiger partial charge in [-0.25, -0.2) is 0 Å². The SMILES string of the molecule is CC(NCCC(N)=O)c1ccc(O)cc1. The molecule has 0 radical (unpaired) electrons. The Kier molecular flexibility index (Phi) is 4.12. The summed E-state index contributed by atoms with van der Waals surface area (Å²) in [6, 6.07) is 7.11. The molecule has 0 aliphatic carbocycles. The van der Waals surface area contributed by atoms with Crippen molar-refractivity contribution in [1.29, 1.82) is 0 Å². The van der Waals surface area contributed by atoms with E-state index in [1.54, 1.807) is 12.1 Å². The number of primary amides is 1. The summed E-state index contributed by atoms with van der Waals surface area (Å²) in [4.78, 5) is 10.5. The number of nitrogens with two attached hydrogens (primary N) is 1. The molecule has 0 saturated carbocycles. The second kappa shape index (κ2) is 5.36. The van der Waals surface area contributed by atoms with Crippen molar-refractivity contribution in [3.8, 4) is 5.75 Å². The van der Waals surface area contributed by atoms with Gasteiger partial charge in [0.25, 0.3) is 0 Å². The number of carbonyl (C=O) groups is 1. The highest BCUT2D eigenvalue weighted by Gasteiger charge is 2.04. The summed E-state index contributed by atoms with van der Waals surface area (Å²) in [7, 11) is 0. The first-order chi connectivity index (χ1) is 7.09. The zero-order valence-corrected chi connectivity index (χ0v) is 8.73. The molecule has 0 bridgehead atoms. The van der Waals surface area contributed by atoms with Gasteiger partial charge in [-0.15, -0.1) is 0 Å². The molecule has 1 amide bonds. The lowest BCUT2D eigenvalue weighted by molar-refractivity contribution is -0.117. The fourth-order valence-corrected chi connectivity index (χ4v) is 1.29. The van der Waals surface area contributed by atoms with Crippen LogP contribution in [-0.2, 0) is 4.79 Å². The van der Waals surface area contributed by atoms with Gasteiger partial charge >= 0.3 is 0 Å². The minimum absolute atomic E-state index is 0.143. The topological polar surface area (TPSA) is 75.3 Å². The van der Waals surface area contributed by atoms with Crippen molar-refractivity contribution >= 4 is 5.91 Å². The van der Waals surface area contributed by atoms with Crippen molar-refractivity contribution in [2.24, 2.45) is 5.73 Å². The largest absolute Gasteiger partial charge is 0.508 e. The Morgan fingerprint density at radius 1 is 1.47 bits per heavy atom. The predicted octanol–water partition coefficient (Wildman–Crippen LogP) is 0.918. The van der Waals surface area contributed by atoms with E-state index >= 15 is 0 Å². The summed E-state index contributed by atoms with van der Waals surface area (Å²) in [5, 5.41) is 12.3. The third-order valence-corrected chi connectivity index (χ3v) is 2.22. The van der Waals surface area contributed by atoms with Crippen LogP contribution in [0.1, 0.15) is 24.9 Å². The van der Waals surface area contributed by atoms with Crippen molar-refractivity contribution in [1.82, 2.24) is 5.32 Å². The summed E-state index contributed by atoms with van der Waals surface area (Å²) in [5.41, 5.74) is 6.09. The Bertz CT molecular complexity index is 322. The fraction of sp³-hybridized carbons (Fsp3) is 0.364. The number of amides is 1. The Balaban J connectivity index is 2.43. The van der Waals surface area contributed by atoms with Gasteiger partial charge in [0.1, 0.15) is 5.75 Å². The van der Waals surface area contributed by atoms with Gasteiger partial charge in [-0.3, -0.25) is 4.79 Å². The first kappa shape index (κ1) is 11.5. The zero-order chi connectivity index (χ0) is 11.3. The van der Waals surface area contributed by atoms with E-state index < -0.39 is 0 Å². The number of hydrogen-bond donors (Lipinski definition) is 3. The number of hydrogen-bond acceptors (Lipinski definition) is 3. The lowest BCUT2D eigenvalue weighted by atomic mass is 10.1. The summed E-state index contributed by atoms with van der Waals surface area (Å²) >= 11 is 0. The number of aromatic hydroxyl groups is 1. The molecule has 4 heteroatoms. The van der Waals surface area contributed by atoms with Crippen LogP contribution in [0.5, 0.6) is 5.75 Å². The van der Waals surface area contributed by atoms with Crippen molar-refractivity contribution in [3.05, 3.63) is 29.8 Å². The molecule has 0 aliphatic heterocycles. The highest BCUT2D eigenvalue weighted by atomic mass is 16.3. The second-order valence-corrected chi connectivity index (χ2v) is 3.48. The molecule has 82 valence electrons. The molecular weight excluding hydrogens is 192 g/mol. The van der Waals surface area contributed by atoms with Gasteiger partial charge in [0.2, 0.25) is 5.91 Å². The maximum Gasteiger partial charge on any atom is 0.218 e. The van der Waals surface area contributed by atoms with E-state index in [0.717, 1.165) is 5.56 Å².